The Hall–Kier alpha value is -4.21. The Morgan fingerprint density at radius 3 is 2.52 bits per heavy atom. The summed E-state index contributed by atoms with van der Waals surface area (Å²) in [4.78, 5) is 40.6. The molecule has 1 unspecified atom stereocenters. The number of aromatic nitrogens is 2. The van der Waals surface area contributed by atoms with Crippen molar-refractivity contribution < 1.29 is 19.6 Å². The number of para-hydroxylation sites is 1. The van der Waals surface area contributed by atoms with Crippen molar-refractivity contribution in [2.75, 3.05) is 5.32 Å². The molecule has 1 atom stereocenters. The SMILES string of the molecule is O=C(O)C1Cc2c(ncn2Cc2ccc([N+](=O)[O-])cc2)CN1C(=O)Nc1ccccc1. The summed E-state index contributed by atoms with van der Waals surface area (Å²) in [5.74, 6) is -1.10. The number of anilines is 1. The van der Waals surface area contributed by atoms with Gasteiger partial charge in [0.2, 0.25) is 0 Å². The Morgan fingerprint density at radius 2 is 1.87 bits per heavy atom. The number of aliphatic carboxylic acids is 1. The predicted octanol–water partition coefficient (Wildman–Crippen LogP) is 2.88. The first-order valence-corrected chi connectivity index (χ1v) is 9.54. The van der Waals surface area contributed by atoms with Gasteiger partial charge in [-0.2, -0.15) is 0 Å². The summed E-state index contributed by atoms with van der Waals surface area (Å²) in [5.41, 5.74) is 2.76. The van der Waals surface area contributed by atoms with Crippen LogP contribution in [0.4, 0.5) is 16.2 Å². The standard InChI is InChI=1S/C21H19N5O5/c27-20(28)19-10-18-17(12-25(19)21(29)23-15-4-2-1-3-5-15)22-13-24(18)11-14-6-8-16(9-7-14)26(30)31/h1-9,13,19H,10-12H2,(H,23,29)(H,27,28). The number of rotatable bonds is 5. The fourth-order valence-electron chi connectivity index (χ4n) is 3.59. The van der Waals surface area contributed by atoms with Gasteiger partial charge in [-0.15, -0.1) is 0 Å². The summed E-state index contributed by atoms with van der Waals surface area (Å²) >= 11 is 0. The van der Waals surface area contributed by atoms with Crippen LogP contribution in [0.25, 0.3) is 0 Å². The van der Waals surface area contributed by atoms with E-state index in [0.29, 0.717) is 17.9 Å². The third-order valence-corrected chi connectivity index (χ3v) is 5.19. The maximum atomic E-state index is 12.7. The largest absolute Gasteiger partial charge is 0.480 e. The topological polar surface area (TPSA) is 131 Å². The molecule has 0 spiro atoms. The molecule has 1 aromatic heterocycles. The number of carbonyl (C=O) groups is 2. The number of nitro benzene ring substituents is 1. The lowest BCUT2D eigenvalue weighted by Crippen LogP contribution is -2.50. The zero-order valence-electron chi connectivity index (χ0n) is 16.3. The summed E-state index contributed by atoms with van der Waals surface area (Å²) in [6.45, 7) is 0.459. The first-order chi connectivity index (χ1) is 14.9. The van der Waals surface area contributed by atoms with Crippen LogP contribution in [0.15, 0.2) is 60.9 Å². The van der Waals surface area contributed by atoms with Gasteiger partial charge in [0.15, 0.2) is 0 Å². The number of hydrogen-bond donors (Lipinski definition) is 2. The van der Waals surface area contributed by atoms with Crippen molar-refractivity contribution >= 4 is 23.4 Å². The first kappa shape index (κ1) is 20.1. The monoisotopic (exact) mass is 421 g/mol. The van der Waals surface area contributed by atoms with Crippen molar-refractivity contribution in [1.29, 1.82) is 0 Å². The number of carbonyl (C=O) groups excluding carboxylic acids is 1. The minimum Gasteiger partial charge on any atom is -0.480 e. The van der Waals surface area contributed by atoms with Gasteiger partial charge >= 0.3 is 12.0 Å². The average molecular weight is 421 g/mol. The van der Waals surface area contributed by atoms with Gasteiger partial charge in [-0.3, -0.25) is 10.1 Å². The summed E-state index contributed by atoms with van der Waals surface area (Å²) in [6.07, 6.45) is 1.71. The normalized spacial score (nSPS) is 15.2. The van der Waals surface area contributed by atoms with E-state index in [1.54, 1.807) is 42.7 Å². The number of non-ortho nitro benzene ring substituents is 1. The van der Waals surface area contributed by atoms with Crippen molar-refractivity contribution in [2.24, 2.45) is 0 Å². The number of nitro groups is 1. The molecular weight excluding hydrogens is 402 g/mol. The molecule has 2 N–H and O–H groups in total. The van der Waals surface area contributed by atoms with Crippen molar-refractivity contribution in [3.63, 3.8) is 0 Å². The van der Waals surface area contributed by atoms with Crippen LogP contribution < -0.4 is 5.32 Å². The number of benzene rings is 2. The van der Waals surface area contributed by atoms with Crippen molar-refractivity contribution in [2.45, 2.75) is 25.6 Å². The summed E-state index contributed by atoms with van der Waals surface area (Å²) < 4.78 is 1.82. The van der Waals surface area contributed by atoms with E-state index in [2.05, 4.69) is 10.3 Å². The molecule has 158 valence electrons. The number of imidazole rings is 1. The number of hydrogen-bond acceptors (Lipinski definition) is 5. The van der Waals surface area contributed by atoms with Crippen LogP contribution in [0, 0.1) is 10.1 Å². The number of fused-ring (bicyclic) bond motifs is 1. The van der Waals surface area contributed by atoms with E-state index in [0.717, 1.165) is 11.3 Å². The second-order valence-corrected chi connectivity index (χ2v) is 7.17. The van der Waals surface area contributed by atoms with Gasteiger partial charge in [0.25, 0.3) is 5.69 Å². The third kappa shape index (κ3) is 4.22. The molecular formula is C21H19N5O5. The summed E-state index contributed by atoms with van der Waals surface area (Å²) in [6, 6.07) is 13.4. The number of amides is 2. The lowest BCUT2D eigenvalue weighted by molar-refractivity contribution is -0.384. The molecule has 0 fully saturated rings. The van der Waals surface area contributed by atoms with E-state index in [-0.39, 0.29) is 18.7 Å². The number of nitrogens with zero attached hydrogens (tertiary/aromatic N) is 4. The highest BCUT2D eigenvalue weighted by Gasteiger charge is 2.37. The van der Waals surface area contributed by atoms with E-state index < -0.39 is 23.0 Å². The molecule has 2 heterocycles. The van der Waals surface area contributed by atoms with Gasteiger partial charge in [0.05, 0.1) is 23.5 Å². The molecule has 0 saturated heterocycles. The van der Waals surface area contributed by atoms with Crippen molar-refractivity contribution in [3.05, 3.63) is 88.0 Å². The smallest absolute Gasteiger partial charge is 0.326 e. The molecule has 10 heteroatoms. The van der Waals surface area contributed by atoms with Crippen LogP contribution in [0.2, 0.25) is 0 Å². The number of carboxylic acids is 1. The highest BCUT2D eigenvalue weighted by Crippen LogP contribution is 2.25. The second-order valence-electron chi connectivity index (χ2n) is 7.17. The molecule has 1 aliphatic heterocycles. The third-order valence-electron chi connectivity index (χ3n) is 5.19. The van der Waals surface area contributed by atoms with Gasteiger partial charge in [0, 0.05) is 36.5 Å². The number of nitrogens with one attached hydrogen (secondary N) is 1. The fraction of sp³-hybridized carbons (Fsp3) is 0.190. The van der Waals surface area contributed by atoms with E-state index in [4.69, 9.17) is 0 Å². The molecule has 0 saturated carbocycles. The summed E-state index contributed by atoms with van der Waals surface area (Å²) in [7, 11) is 0. The lowest BCUT2D eigenvalue weighted by Gasteiger charge is -2.33. The van der Waals surface area contributed by atoms with Crippen LogP contribution in [0.3, 0.4) is 0 Å². The minimum absolute atomic E-state index is 0.00224. The second kappa shape index (κ2) is 8.27. The Morgan fingerprint density at radius 1 is 1.16 bits per heavy atom. The Balaban J connectivity index is 1.54. The minimum atomic E-state index is -1.10. The summed E-state index contributed by atoms with van der Waals surface area (Å²) in [5, 5.41) is 23.3. The Kier molecular flexibility index (Phi) is 5.35. The molecule has 2 amide bonds. The maximum absolute atomic E-state index is 12.7. The van der Waals surface area contributed by atoms with Gasteiger partial charge < -0.3 is 19.9 Å². The quantitative estimate of drug-likeness (QED) is 0.481. The Bertz CT molecular complexity index is 1130. The molecule has 1 aliphatic rings. The highest BCUT2D eigenvalue weighted by molar-refractivity contribution is 5.92. The first-order valence-electron chi connectivity index (χ1n) is 9.54. The van der Waals surface area contributed by atoms with Crippen LogP contribution in [-0.4, -0.2) is 42.5 Å². The number of carboxylic acid groups (broad SMARTS) is 1. The Labute approximate surface area is 176 Å². The molecule has 0 aliphatic carbocycles. The van der Waals surface area contributed by atoms with Crippen LogP contribution in [-0.2, 0) is 24.3 Å². The van der Waals surface area contributed by atoms with E-state index in [1.165, 1.54) is 17.0 Å². The zero-order chi connectivity index (χ0) is 22.0. The van der Waals surface area contributed by atoms with Gasteiger partial charge in [-0.25, -0.2) is 14.6 Å². The molecule has 4 rings (SSSR count). The number of urea groups is 1. The fourth-order valence-corrected chi connectivity index (χ4v) is 3.59. The maximum Gasteiger partial charge on any atom is 0.326 e. The van der Waals surface area contributed by atoms with Crippen molar-refractivity contribution in [3.8, 4) is 0 Å². The molecule has 3 aromatic rings. The van der Waals surface area contributed by atoms with Gasteiger partial charge in [-0.05, 0) is 17.7 Å². The molecule has 10 nitrogen and oxygen atoms in total. The molecule has 31 heavy (non-hydrogen) atoms. The highest BCUT2D eigenvalue weighted by atomic mass is 16.6. The zero-order valence-corrected chi connectivity index (χ0v) is 16.3. The van der Waals surface area contributed by atoms with E-state index in [9.17, 15) is 24.8 Å². The average Bonchev–Trinajstić information content (AvgIpc) is 3.15. The van der Waals surface area contributed by atoms with Crippen LogP contribution >= 0.6 is 0 Å². The van der Waals surface area contributed by atoms with Crippen molar-refractivity contribution in [1.82, 2.24) is 14.5 Å². The van der Waals surface area contributed by atoms with E-state index in [1.807, 2.05) is 10.6 Å². The molecule has 2 aromatic carbocycles. The molecule has 0 bridgehead atoms. The van der Waals surface area contributed by atoms with Gasteiger partial charge in [-0.1, -0.05) is 30.3 Å². The lowest BCUT2D eigenvalue weighted by atomic mass is 10.0. The predicted molar refractivity (Wildman–Crippen MR) is 111 cm³/mol. The van der Waals surface area contributed by atoms with Gasteiger partial charge in [0.1, 0.15) is 6.04 Å². The molecule has 0 radical (unpaired) electrons. The van der Waals surface area contributed by atoms with Crippen LogP contribution in [0.1, 0.15) is 17.0 Å². The van der Waals surface area contributed by atoms with Crippen LogP contribution in [0.5, 0.6) is 0 Å². The van der Waals surface area contributed by atoms with E-state index >= 15 is 0 Å².